The summed E-state index contributed by atoms with van der Waals surface area (Å²) in [4.78, 5) is 30.6. The van der Waals surface area contributed by atoms with Crippen molar-refractivity contribution in [3.63, 3.8) is 0 Å². The first kappa shape index (κ1) is 29.2. The molecule has 2 aliphatic heterocycles. The van der Waals surface area contributed by atoms with E-state index in [1.54, 1.807) is 6.07 Å². The van der Waals surface area contributed by atoms with E-state index >= 15 is 4.39 Å². The molecular formula is C31H29ClF2N6O2S. The number of halogens is 3. The summed E-state index contributed by atoms with van der Waals surface area (Å²) in [7, 11) is 2.04. The summed E-state index contributed by atoms with van der Waals surface area (Å²) >= 11 is 8.32. The molecule has 0 N–H and O–H groups in total. The minimum absolute atomic E-state index is 0.0293. The number of likely N-dealkylation sites (N-methyl/N-ethyl adjacent to an activating group) is 1. The van der Waals surface area contributed by atoms with Crippen LogP contribution in [0.5, 0.6) is 6.01 Å². The van der Waals surface area contributed by atoms with Gasteiger partial charge in [-0.25, -0.2) is 15.4 Å². The maximum Gasteiger partial charge on any atom is 0.319 e. The fourth-order valence-corrected chi connectivity index (χ4v) is 7.21. The number of hydrogen-bond acceptors (Lipinski definition) is 7. The zero-order chi connectivity index (χ0) is 30.2. The highest BCUT2D eigenvalue weighted by molar-refractivity contribution is 7.17. The van der Waals surface area contributed by atoms with Gasteiger partial charge in [-0.2, -0.15) is 9.97 Å². The van der Waals surface area contributed by atoms with Crippen LogP contribution in [0.4, 0.5) is 14.6 Å². The molecule has 12 heteroatoms. The molecule has 0 saturated carbocycles. The zero-order valence-electron chi connectivity index (χ0n) is 23.5. The van der Waals surface area contributed by atoms with Crippen molar-refractivity contribution < 1.29 is 18.3 Å². The molecule has 2 aromatic heterocycles. The van der Waals surface area contributed by atoms with E-state index in [0.717, 1.165) is 29.5 Å². The number of carbonyl (C=O) groups excluding carboxylic acids is 1. The van der Waals surface area contributed by atoms with E-state index in [2.05, 4.69) is 21.3 Å². The molecule has 4 aromatic rings. The van der Waals surface area contributed by atoms with E-state index in [1.165, 1.54) is 16.2 Å². The second kappa shape index (κ2) is 12.0. The molecule has 8 nitrogen and oxygen atoms in total. The molecule has 0 radical (unpaired) electrons. The highest BCUT2D eigenvalue weighted by Crippen LogP contribution is 2.42. The lowest BCUT2D eigenvalue weighted by molar-refractivity contribution is -0.131. The van der Waals surface area contributed by atoms with Crippen molar-refractivity contribution in [3.05, 3.63) is 70.4 Å². The molecule has 6 rings (SSSR count). The number of fused-ring (bicyclic) bond motifs is 2. The van der Waals surface area contributed by atoms with Crippen LogP contribution < -0.4 is 9.64 Å². The third-order valence-corrected chi connectivity index (χ3v) is 9.51. The monoisotopic (exact) mass is 622 g/mol. The molecule has 0 aliphatic carbocycles. The Bertz CT molecular complexity index is 1770. The first-order valence-corrected chi connectivity index (χ1v) is 15.3. The number of benzene rings is 2. The topological polar surface area (TPSA) is 66.2 Å². The van der Waals surface area contributed by atoms with Crippen LogP contribution in [0, 0.1) is 12.4 Å². The van der Waals surface area contributed by atoms with Gasteiger partial charge in [0.05, 0.1) is 5.02 Å². The van der Waals surface area contributed by atoms with Crippen molar-refractivity contribution in [3.8, 4) is 17.1 Å². The summed E-state index contributed by atoms with van der Waals surface area (Å²) in [5, 5.41) is 3.53. The summed E-state index contributed by atoms with van der Waals surface area (Å²) in [5.74, 6) is -2.13. The number of amides is 1. The average molecular weight is 623 g/mol. The first-order valence-electron chi connectivity index (χ1n) is 14.0. The lowest BCUT2D eigenvalue weighted by Gasteiger charge is -2.39. The minimum Gasteiger partial charge on any atom is -0.462 e. The number of thiophene rings is 1. The fraction of sp³-hybridized carbons (Fsp3) is 0.355. The van der Waals surface area contributed by atoms with Crippen LogP contribution in [-0.2, 0) is 4.79 Å². The van der Waals surface area contributed by atoms with Gasteiger partial charge in [0.15, 0.2) is 11.6 Å². The van der Waals surface area contributed by atoms with E-state index in [4.69, 9.17) is 27.9 Å². The van der Waals surface area contributed by atoms with Crippen LogP contribution >= 0.6 is 22.9 Å². The zero-order valence-corrected chi connectivity index (χ0v) is 25.1. The van der Waals surface area contributed by atoms with Crippen molar-refractivity contribution in [1.29, 1.82) is 0 Å². The number of likely N-dealkylation sites (tertiary alicyclic amines) is 1. The minimum atomic E-state index is -1.08. The first-order chi connectivity index (χ1) is 20.8. The quantitative estimate of drug-likeness (QED) is 0.181. The van der Waals surface area contributed by atoms with Crippen LogP contribution in [-0.4, -0.2) is 84.1 Å². The van der Waals surface area contributed by atoms with Crippen molar-refractivity contribution in [2.45, 2.75) is 24.9 Å². The average Bonchev–Trinajstić information content (AvgIpc) is 3.65. The lowest BCUT2D eigenvalue weighted by atomic mass is 10.0. The molecule has 43 heavy (non-hydrogen) atoms. The van der Waals surface area contributed by atoms with Crippen LogP contribution in [0.25, 0.3) is 37.0 Å². The van der Waals surface area contributed by atoms with E-state index in [0.29, 0.717) is 23.4 Å². The summed E-state index contributed by atoms with van der Waals surface area (Å²) < 4.78 is 37.4. The summed E-state index contributed by atoms with van der Waals surface area (Å²) in [6.45, 7) is 12.4. The molecule has 2 aromatic carbocycles. The number of nitrogens with zero attached hydrogens (tertiary/aromatic N) is 6. The van der Waals surface area contributed by atoms with E-state index in [1.807, 2.05) is 41.6 Å². The van der Waals surface area contributed by atoms with E-state index in [-0.39, 0.29) is 54.3 Å². The molecule has 0 spiro atoms. The van der Waals surface area contributed by atoms with Crippen LogP contribution in [0.1, 0.15) is 12.8 Å². The van der Waals surface area contributed by atoms with E-state index in [9.17, 15) is 9.18 Å². The summed E-state index contributed by atoms with van der Waals surface area (Å²) in [5.41, 5.74) is 0.976. The Morgan fingerprint density at radius 1 is 1.26 bits per heavy atom. The van der Waals surface area contributed by atoms with Crippen molar-refractivity contribution in [1.82, 2.24) is 19.8 Å². The number of anilines is 1. The van der Waals surface area contributed by atoms with Gasteiger partial charge in [0.25, 0.3) is 5.91 Å². The molecule has 222 valence electrons. The number of hydrogen-bond donors (Lipinski definition) is 0. The Labute approximate surface area is 256 Å². The third kappa shape index (κ3) is 5.51. The number of piperazine rings is 1. The molecule has 0 bridgehead atoms. The molecule has 2 atom stereocenters. The molecule has 2 fully saturated rings. The maximum absolute atomic E-state index is 16.6. The molecule has 2 saturated heterocycles. The highest BCUT2D eigenvalue weighted by Gasteiger charge is 2.35. The van der Waals surface area contributed by atoms with Crippen molar-refractivity contribution in [2.75, 3.05) is 51.3 Å². The van der Waals surface area contributed by atoms with Gasteiger partial charge >= 0.3 is 6.01 Å². The standard InChI is InChI=1S/C31H29ClF2N6O2S/c1-18(33)30(41)40-12-11-39(16-21(40)15-35-2)29-23-14-24(32)25(22-8-4-6-19-9-13-43-28(19)22)26(34)27(23)36-31(37-29)42-17-20-7-5-10-38(20)3/h4,6,8-9,13-14,20-21H,1,5,7,10-12,15-17H2,3H3/t20-,21-/m0/s1. The Morgan fingerprint density at radius 2 is 2.09 bits per heavy atom. The summed E-state index contributed by atoms with van der Waals surface area (Å²) in [6, 6.07) is 8.92. The van der Waals surface area contributed by atoms with Gasteiger partial charge in [0.2, 0.25) is 6.54 Å². The van der Waals surface area contributed by atoms with Gasteiger partial charge in [-0.3, -0.25) is 4.79 Å². The second-order valence-corrected chi connectivity index (χ2v) is 12.2. The number of carbonyl (C=O) groups is 1. The number of ether oxygens (including phenoxy) is 1. The van der Waals surface area contributed by atoms with Crippen LogP contribution in [0.3, 0.4) is 0 Å². The molecule has 4 heterocycles. The van der Waals surface area contributed by atoms with Crippen LogP contribution in [0.15, 0.2) is 48.1 Å². The molecule has 0 unspecified atom stereocenters. The number of rotatable bonds is 7. The largest absolute Gasteiger partial charge is 0.462 e. The van der Waals surface area contributed by atoms with Gasteiger partial charge in [-0.15, -0.1) is 11.3 Å². The van der Waals surface area contributed by atoms with Gasteiger partial charge in [0.1, 0.15) is 24.0 Å². The maximum atomic E-state index is 16.6. The summed E-state index contributed by atoms with van der Waals surface area (Å²) in [6.07, 6.45) is 2.04. The van der Waals surface area contributed by atoms with Gasteiger partial charge in [0, 0.05) is 46.9 Å². The predicted molar refractivity (Wildman–Crippen MR) is 166 cm³/mol. The highest BCUT2D eigenvalue weighted by atomic mass is 35.5. The smallest absolute Gasteiger partial charge is 0.319 e. The third-order valence-electron chi connectivity index (χ3n) is 8.24. The van der Waals surface area contributed by atoms with Crippen LogP contribution in [0.2, 0.25) is 5.02 Å². The van der Waals surface area contributed by atoms with Crippen molar-refractivity contribution in [2.24, 2.45) is 0 Å². The Hall–Kier alpha value is -3.85. The Balaban J connectivity index is 1.46. The molecule has 1 amide bonds. The predicted octanol–water partition coefficient (Wildman–Crippen LogP) is 6.20. The van der Waals surface area contributed by atoms with E-state index < -0.39 is 23.6 Å². The SMILES string of the molecule is [C-]#[N+]C[C@H]1CN(c2nc(OC[C@@H]3CCCN3C)nc3c(F)c(-c4cccc5ccsc45)c(Cl)cc23)CCN1C(=O)C(=C)F. The molecule has 2 aliphatic rings. The Kier molecular flexibility index (Phi) is 8.18. The molecular weight excluding hydrogens is 594 g/mol. The Morgan fingerprint density at radius 3 is 2.84 bits per heavy atom. The number of aromatic nitrogens is 2. The van der Waals surface area contributed by atoms with Crippen molar-refractivity contribution >= 4 is 55.7 Å². The van der Waals surface area contributed by atoms with Gasteiger partial charge < -0.3 is 24.3 Å². The normalized spacial score (nSPS) is 19.2. The fourth-order valence-electron chi connectivity index (χ4n) is 6.00. The van der Waals surface area contributed by atoms with Gasteiger partial charge in [-0.05, 0) is 49.3 Å². The van der Waals surface area contributed by atoms with Gasteiger partial charge in [-0.1, -0.05) is 36.4 Å². The second-order valence-electron chi connectivity index (χ2n) is 10.8. The lowest BCUT2D eigenvalue weighted by Crippen LogP contribution is -2.56.